The highest BCUT2D eigenvalue weighted by Crippen LogP contribution is 2.29. The Morgan fingerprint density at radius 2 is 2.42 bits per heavy atom. The van der Waals surface area contributed by atoms with Crippen LogP contribution in [0.5, 0.6) is 0 Å². The first-order valence-electron chi connectivity index (χ1n) is 8.10. The Hall–Kier alpha value is -1.93. The van der Waals surface area contributed by atoms with Crippen molar-refractivity contribution in [2.45, 2.75) is 31.9 Å². The molecule has 0 aromatic carbocycles. The highest BCUT2D eigenvalue weighted by atomic mass is 32.1. The van der Waals surface area contributed by atoms with Gasteiger partial charge >= 0.3 is 6.03 Å². The molecule has 1 aliphatic rings. The average molecular weight is 349 g/mol. The van der Waals surface area contributed by atoms with Gasteiger partial charge in [0.1, 0.15) is 10.6 Å². The van der Waals surface area contributed by atoms with Gasteiger partial charge in [-0.15, -0.1) is 11.3 Å². The Balaban J connectivity index is 1.69. The number of carbonyl (C=O) groups excluding carboxylic acids is 1. The van der Waals surface area contributed by atoms with E-state index in [1.54, 1.807) is 28.4 Å². The zero-order valence-electron chi connectivity index (χ0n) is 14.2. The molecule has 1 saturated heterocycles. The zero-order chi connectivity index (χ0) is 17.2. The molecule has 2 amide bonds. The van der Waals surface area contributed by atoms with Gasteiger partial charge in [-0.25, -0.2) is 9.78 Å². The summed E-state index contributed by atoms with van der Waals surface area (Å²) in [6.07, 6.45) is 6.31. The van der Waals surface area contributed by atoms with Crippen molar-refractivity contribution in [1.29, 1.82) is 0 Å². The third-order valence-electron chi connectivity index (χ3n) is 4.33. The quantitative estimate of drug-likeness (QED) is 0.919. The van der Waals surface area contributed by atoms with Crippen molar-refractivity contribution < 1.29 is 9.53 Å². The highest BCUT2D eigenvalue weighted by Gasteiger charge is 2.37. The van der Waals surface area contributed by atoms with Gasteiger partial charge in [0.25, 0.3) is 0 Å². The summed E-state index contributed by atoms with van der Waals surface area (Å²) in [4.78, 5) is 18.8. The average Bonchev–Trinajstić information content (AvgIpc) is 3.24. The van der Waals surface area contributed by atoms with Crippen molar-refractivity contribution in [3.63, 3.8) is 0 Å². The van der Waals surface area contributed by atoms with Gasteiger partial charge in [0, 0.05) is 36.9 Å². The zero-order valence-corrected chi connectivity index (χ0v) is 15.0. The largest absolute Gasteiger partial charge is 0.367 e. The Kier molecular flexibility index (Phi) is 4.86. The maximum absolute atomic E-state index is 12.7. The molecule has 7 nitrogen and oxygen atoms in total. The number of aromatic nitrogens is 3. The van der Waals surface area contributed by atoms with Crippen molar-refractivity contribution in [2.75, 3.05) is 19.7 Å². The molecule has 130 valence electrons. The first-order valence-corrected chi connectivity index (χ1v) is 8.97. The summed E-state index contributed by atoms with van der Waals surface area (Å²) < 4.78 is 7.71. The number of hydrogen-bond donors (Lipinski definition) is 1. The van der Waals surface area contributed by atoms with Crippen LogP contribution in [0.2, 0.25) is 0 Å². The fraction of sp³-hybridized carbons (Fsp3) is 0.562. The van der Waals surface area contributed by atoms with Crippen molar-refractivity contribution in [2.24, 2.45) is 7.05 Å². The number of hydrogen-bond acceptors (Lipinski definition) is 5. The summed E-state index contributed by atoms with van der Waals surface area (Å²) in [7, 11) is 1.88. The van der Waals surface area contributed by atoms with E-state index in [-0.39, 0.29) is 12.1 Å². The van der Waals surface area contributed by atoms with Crippen LogP contribution < -0.4 is 5.32 Å². The third kappa shape index (κ3) is 3.44. The standard InChI is InChI=1S/C16H23N5O2S/c1-4-13(14-17-5-8-24-14)19-15(22)21-6-7-23-16(2,11-21)12-9-18-20(3)10-12/h5,8-10,13H,4,6-7,11H2,1-3H3,(H,19,22)/t13-,16-/m1/s1. The van der Waals surface area contributed by atoms with Gasteiger partial charge in [0.15, 0.2) is 0 Å². The van der Waals surface area contributed by atoms with Crippen molar-refractivity contribution in [3.8, 4) is 0 Å². The molecule has 0 unspecified atom stereocenters. The molecule has 8 heteroatoms. The summed E-state index contributed by atoms with van der Waals surface area (Å²) in [5, 5.41) is 10.2. The molecule has 1 aliphatic heterocycles. The second kappa shape index (κ2) is 6.90. The normalized spacial score (nSPS) is 22.4. The maximum Gasteiger partial charge on any atom is 0.318 e. The summed E-state index contributed by atoms with van der Waals surface area (Å²) in [6.45, 7) is 5.63. The lowest BCUT2D eigenvalue weighted by Crippen LogP contribution is -2.53. The molecule has 0 bridgehead atoms. The van der Waals surface area contributed by atoms with E-state index in [9.17, 15) is 4.79 Å². The number of nitrogens with zero attached hydrogens (tertiary/aromatic N) is 4. The lowest BCUT2D eigenvalue weighted by atomic mass is 9.97. The minimum atomic E-state index is -0.535. The Labute approximate surface area is 145 Å². The predicted molar refractivity (Wildman–Crippen MR) is 91.8 cm³/mol. The Morgan fingerprint density at radius 3 is 3.04 bits per heavy atom. The van der Waals surface area contributed by atoms with E-state index in [4.69, 9.17) is 4.74 Å². The van der Waals surface area contributed by atoms with E-state index in [0.717, 1.165) is 17.0 Å². The molecule has 0 radical (unpaired) electrons. The lowest BCUT2D eigenvalue weighted by molar-refractivity contribution is -0.0909. The summed E-state index contributed by atoms with van der Waals surface area (Å²) in [5.74, 6) is 0. The second-order valence-corrected chi connectivity index (χ2v) is 7.11. The summed E-state index contributed by atoms with van der Waals surface area (Å²) in [5.41, 5.74) is 0.446. The van der Waals surface area contributed by atoms with Gasteiger partial charge in [-0.05, 0) is 13.3 Å². The fourth-order valence-corrected chi connectivity index (χ4v) is 3.67. The summed E-state index contributed by atoms with van der Waals surface area (Å²) in [6, 6.07) is -0.125. The number of nitrogens with one attached hydrogen (secondary N) is 1. The molecule has 2 aromatic heterocycles. The fourth-order valence-electron chi connectivity index (χ4n) is 2.90. The van der Waals surface area contributed by atoms with Gasteiger partial charge in [-0.3, -0.25) is 4.68 Å². The number of thiazole rings is 1. The van der Waals surface area contributed by atoms with Crippen LogP contribution in [0.15, 0.2) is 24.0 Å². The number of aryl methyl sites for hydroxylation is 1. The van der Waals surface area contributed by atoms with Gasteiger partial charge in [0.05, 0.1) is 25.4 Å². The monoisotopic (exact) mass is 349 g/mol. The minimum Gasteiger partial charge on any atom is -0.367 e. The van der Waals surface area contributed by atoms with Crippen molar-refractivity contribution in [1.82, 2.24) is 25.0 Å². The molecular weight excluding hydrogens is 326 g/mol. The second-order valence-electron chi connectivity index (χ2n) is 6.18. The third-order valence-corrected chi connectivity index (χ3v) is 5.22. The molecule has 24 heavy (non-hydrogen) atoms. The van der Waals surface area contributed by atoms with E-state index < -0.39 is 5.60 Å². The Bertz CT molecular complexity index is 686. The molecule has 1 N–H and O–H groups in total. The number of rotatable bonds is 4. The molecule has 0 spiro atoms. The lowest BCUT2D eigenvalue weighted by Gasteiger charge is -2.40. The molecule has 3 rings (SSSR count). The topological polar surface area (TPSA) is 72.3 Å². The highest BCUT2D eigenvalue weighted by molar-refractivity contribution is 7.09. The molecule has 3 heterocycles. The van der Waals surface area contributed by atoms with E-state index in [1.807, 2.05) is 37.4 Å². The van der Waals surface area contributed by atoms with Crippen molar-refractivity contribution in [3.05, 3.63) is 34.5 Å². The van der Waals surface area contributed by atoms with Gasteiger partial charge in [-0.2, -0.15) is 5.10 Å². The molecule has 2 atom stereocenters. The van der Waals surface area contributed by atoms with Crippen LogP contribution in [0.1, 0.15) is 36.9 Å². The number of carbonyl (C=O) groups is 1. The first kappa shape index (κ1) is 16.9. The predicted octanol–water partition coefficient (Wildman–Crippen LogP) is 2.28. The van der Waals surface area contributed by atoms with Crippen LogP contribution in [-0.4, -0.2) is 45.4 Å². The Morgan fingerprint density at radius 1 is 1.58 bits per heavy atom. The van der Waals surface area contributed by atoms with Gasteiger partial charge in [-0.1, -0.05) is 6.92 Å². The maximum atomic E-state index is 12.7. The van der Waals surface area contributed by atoms with E-state index in [1.165, 1.54) is 0 Å². The number of morpholine rings is 1. The van der Waals surface area contributed by atoms with E-state index >= 15 is 0 Å². The van der Waals surface area contributed by atoms with Gasteiger partial charge in [0.2, 0.25) is 0 Å². The minimum absolute atomic E-state index is 0.0509. The molecule has 2 aromatic rings. The van der Waals surface area contributed by atoms with E-state index in [0.29, 0.717) is 19.7 Å². The summed E-state index contributed by atoms with van der Waals surface area (Å²) >= 11 is 1.56. The smallest absolute Gasteiger partial charge is 0.318 e. The van der Waals surface area contributed by atoms with Crippen LogP contribution in [0.25, 0.3) is 0 Å². The number of ether oxygens (including phenoxy) is 1. The molecule has 0 saturated carbocycles. The van der Waals surface area contributed by atoms with Crippen LogP contribution in [0.3, 0.4) is 0 Å². The van der Waals surface area contributed by atoms with Gasteiger partial charge < -0.3 is 15.0 Å². The van der Waals surface area contributed by atoms with Crippen LogP contribution in [0.4, 0.5) is 4.79 Å². The molecule has 0 aliphatic carbocycles. The van der Waals surface area contributed by atoms with Crippen molar-refractivity contribution >= 4 is 17.4 Å². The van der Waals surface area contributed by atoms with Crippen LogP contribution in [-0.2, 0) is 17.4 Å². The molecular formula is C16H23N5O2S. The number of urea groups is 1. The van der Waals surface area contributed by atoms with Crippen LogP contribution in [0, 0.1) is 0 Å². The van der Waals surface area contributed by atoms with Crippen LogP contribution >= 0.6 is 11.3 Å². The first-order chi connectivity index (χ1) is 11.5. The molecule has 1 fully saturated rings. The van der Waals surface area contributed by atoms with E-state index in [2.05, 4.69) is 15.4 Å². The SMILES string of the molecule is CC[C@@H](NC(=O)N1CCO[C@@](C)(c2cnn(C)c2)C1)c1nccs1. The number of amides is 2.